The zero-order valence-electron chi connectivity index (χ0n) is 16.9. The van der Waals surface area contributed by atoms with Crippen LogP contribution >= 0.6 is 0 Å². The predicted octanol–water partition coefficient (Wildman–Crippen LogP) is 2.24. The lowest BCUT2D eigenvalue weighted by atomic mass is 9.84. The summed E-state index contributed by atoms with van der Waals surface area (Å²) in [7, 11) is 0.694. The highest BCUT2D eigenvalue weighted by molar-refractivity contribution is 7.85. The Labute approximate surface area is 179 Å². The first-order valence-electron chi connectivity index (χ1n) is 10.4. The molecule has 5 rings (SSSR count). The highest BCUT2D eigenvalue weighted by atomic mass is 32.2. The Kier molecular flexibility index (Phi) is 5.16. The summed E-state index contributed by atoms with van der Waals surface area (Å²) in [5, 5.41) is 6.40. The summed E-state index contributed by atoms with van der Waals surface area (Å²) < 4.78 is 19.1. The molecule has 30 heavy (non-hydrogen) atoms. The zero-order chi connectivity index (χ0) is 20.7. The van der Waals surface area contributed by atoms with E-state index < -0.39 is 10.8 Å². The Balaban J connectivity index is 1.56. The van der Waals surface area contributed by atoms with Gasteiger partial charge in [0.05, 0.1) is 35.3 Å². The molecule has 1 fully saturated rings. The van der Waals surface area contributed by atoms with Gasteiger partial charge in [-0.3, -0.25) is 14.0 Å². The third kappa shape index (κ3) is 3.26. The van der Waals surface area contributed by atoms with Crippen LogP contribution in [0.5, 0.6) is 0 Å². The number of fused-ring (bicyclic) bond motifs is 3. The van der Waals surface area contributed by atoms with E-state index >= 15 is 0 Å². The lowest BCUT2D eigenvalue weighted by Gasteiger charge is -2.37. The van der Waals surface area contributed by atoms with Crippen molar-refractivity contribution in [1.82, 2.24) is 9.91 Å². The fraction of sp³-hybridized carbons (Fsp3) is 0.391. The van der Waals surface area contributed by atoms with Gasteiger partial charge < -0.3 is 9.64 Å². The van der Waals surface area contributed by atoms with E-state index in [1.165, 1.54) is 0 Å². The summed E-state index contributed by atoms with van der Waals surface area (Å²) in [5.41, 5.74) is 2.68. The number of morpholine rings is 1. The number of hydrazone groups is 1. The number of nitrogens with zero attached hydrogens (tertiary/aromatic N) is 3. The molecule has 4 atom stereocenters. The summed E-state index contributed by atoms with van der Waals surface area (Å²) in [4.78, 5) is 16.1. The summed E-state index contributed by atoms with van der Waals surface area (Å²) in [6.45, 7) is 2.24. The molecule has 4 unspecified atom stereocenters. The third-order valence-corrected chi connectivity index (χ3v) is 8.07. The van der Waals surface area contributed by atoms with Crippen molar-refractivity contribution in [3.63, 3.8) is 0 Å². The van der Waals surface area contributed by atoms with Crippen molar-refractivity contribution in [2.24, 2.45) is 11.0 Å². The molecule has 0 aliphatic carbocycles. The SMILES string of the molecule is CN1N=C(C(=O)N2CCOCC2)C2C1c1ccccc1S(=O)C2Cc1ccccc1. The molecule has 0 radical (unpaired) electrons. The van der Waals surface area contributed by atoms with Crippen molar-refractivity contribution < 1.29 is 13.7 Å². The molecule has 6 nitrogen and oxygen atoms in total. The average Bonchev–Trinajstić information content (AvgIpc) is 3.14. The molecule has 3 aliphatic heterocycles. The zero-order valence-corrected chi connectivity index (χ0v) is 17.8. The van der Waals surface area contributed by atoms with E-state index in [0.717, 1.165) is 16.0 Å². The second-order valence-corrected chi connectivity index (χ2v) is 9.64. The third-order valence-electron chi connectivity index (χ3n) is 6.25. The van der Waals surface area contributed by atoms with Crippen molar-refractivity contribution in [2.75, 3.05) is 33.4 Å². The summed E-state index contributed by atoms with van der Waals surface area (Å²) in [5.74, 6) is -0.256. The van der Waals surface area contributed by atoms with Crippen LogP contribution in [-0.2, 0) is 26.8 Å². The lowest BCUT2D eigenvalue weighted by molar-refractivity contribution is -0.128. The molecule has 3 heterocycles. The van der Waals surface area contributed by atoms with Gasteiger partial charge in [-0.1, -0.05) is 48.5 Å². The van der Waals surface area contributed by atoms with Crippen LogP contribution in [-0.4, -0.2) is 64.3 Å². The van der Waals surface area contributed by atoms with Crippen molar-refractivity contribution >= 4 is 22.4 Å². The van der Waals surface area contributed by atoms with Crippen LogP contribution in [0.2, 0.25) is 0 Å². The molecule has 0 spiro atoms. The van der Waals surface area contributed by atoms with Crippen LogP contribution in [0.3, 0.4) is 0 Å². The van der Waals surface area contributed by atoms with E-state index in [9.17, 15) is 9.00 Å². The largest absolute Gasteiger partial charge is 0.378 e. The van der Waals surface area contributed by atoms with Gasteiger partial charge in [-0.05, 0) is 23.6 Å². The maximum atomic E-state index is 13.7. The Morgan fingerprint density at radius 1 is 1.10 bits per heavy atom. The first-order valence-corrected chi connectivity index (χ1v) is 11.6. The maximum Gasteiger partial charge on any atom is 0.270 e. The normalized spacial score (nSPS) is 28.0. The lowest BCUT2D eigenvalue weighted by Crippen LogP contribution is -2.49. The van der Waals surface area contributed by atoms with Crippen LogP contribution in [0.1, 0.15) is 17.2 Å². The van der Waals surface area contributed by atoms with Crippen molar-refractivity contribution in [2.45, 2.75) is 22.6 Å². The first-order chi connectivity index (χ1) is 14.6. The number of rotatable bonds is 3. The monoisotopic (exact) mass is 423 g/mol. The summed E-state index contributed by atoms with van der Waals surface area (Å²) >= 11 is 0. The van der Waals surface area contributed by atoms with Gasteiger partial charge in [-0.2, -0.15) is 5.10 Å². The Morgan fingerprint density at radius 3 is 2.57 bits per heavy atom. The number of carbonyl (C=O) groups is 1. The van der Waals surface area contributed by atoms with E-state index in [1.54, 1.807) is 0 Å². The van der Waals surface area contributed by atoms with Gasteiger partial charge in [-0.25, -0.2) is 0 Å². The maximum absolute atomic E-state index is 13.7. The molecule has 1 saturated heterocycles. The minimum Gasteiger partial charge on any atom is -0.378 e. The van der Waals surface area contributed by atoms with E-state index in [4.69, 9.17) is 9.84 Å². The molecule has 156 valence electrons. The number of amides is 1. The average molecular weight is 424 g/mol. The van der Waals surface area contributed by atoms with Crippen LogP contribution in [0.15, 0.2) is 64.6 Å². The molecular formula is C23H25N3O3S. The number of benzene rings is 2. The van der Waals surface area contributed by atoms with Crippen LogP contribution in [0.25, 0.3) is 0 Å². The molecular weight excluding hydrogens is 398 g/mol. The fourth-order valence-electron chi connectivity index (χ4n) is 4.82. The molecule has 0 bridgehead atoms. The highest BCUT2D eigenvalue weighted by Crippen LogP contribution is 2.46. The number of carbonyl (C=O) groups excluding carboxylic acids is 1. The molecule has 0 saturated carbocycles. The summed E-state index contributed by atoms with van der Waals surface area (Å²) in [6.07, 6.45) is 0.645. The molecule has 2 aromatic carbocycles. The van der Waals surface area contributed by atoms with Crippen LogP contribution < -0.4 is 0 Å². The van der Waals surface area contributed by atoms with E-state index in [-0.39, 0.29) is 23.1 Å². The standard InChI is InChI=1S/C23H25N3O3S/c1-25-22-17-9-5-6-10-18(17)30(28)19(15-16-7-3-2-4-8-16)20(22)21(24-25)23(27)26-11-13-29-14-12-26/h2-10,19-20,22H,11-15H2,1H3. The van der Waals surface area contributed by atoms with Crippen LogP contribution in [0.4, 0.5) is 0 Å². The second kappa shape index (κ2) is 7.96. The van der Waals surface area contributed by atoms with Crippen molar-refractivity contribution in [3.05, 3.63) is 65.7 Å². The number of ether oxygens (including phenoxy) is 1. The van der Waals surface area contributed by atoms with Crippen molar-refractivity contribution in [3.8, 4) is 0 Å². The van der Waals surface area contributed by atoms with Gasteiger partial charge in [0, 0.05) is 31.0 Å². The molecule has 3 aliphatic rings. The van der Waals surface area contributed by atoms with Gasteiger partial charge in [0.25, 0.3) is 5.91 Å². The van der Waals surface area contributed by atoms with Crippen LogP contribution in [0, 0.1) is 5.92 Å². The van der Waals surface area contributed by atoms with E-state index in [1.807, 2.05) is 59.4 Å². The Bertz CT molecular complexity index is 1000. The molecule has 2 aromatic rings. The Morgan fingerprint density at radius 2 is 1.80 bits per heavy atom. The smallest absolute Gasteiger partial charge is 0.270 e. The quantitative estimate of drug-likeness (QED) is 0.760. The van der Waals surface area contributed by atoms with Gasteiger partial charge in [0.2, 0.25) is 0 Å². The molecule has 7 heteroatoms. The minimum absolute atomic E-state index is 0.0490. The topological polar surface area (TPSA) is 62.2 Å². The van der Waals surface area contributed by atoms with E-state index in [2.05, 4.69) is 12.1 Å². The minimum atomic E-state index is -1.22. The Hall–Kier alpha value is -2.51. The van der Waals surface area contributed by atoms with Gasteiger partial charge >= 0.3 is 0 Å². The second-order valence-electron chi connectivity index (χ2n) is 8.00. The van der Waals surface area contributed by atoms with Crippen molar-refractivity contribution in [1.29, 1.82) is 0 Å². The first kappa shape index (κ1) is 19.5. The highest BCUT2D eigenvalue weighted by Gasteiger charge is 2.51. The summed E-state index contributed by atoms with van der Waals surface area (Å²) in [6, 6.07) is 17.9. The van der Waals surface area contributed by atoms with Gasteiger partial charge in [0.1, 0.15) is 5.71 Å². The molecule has 0 N–H and O–H groups in total. The van der Waals surface area contributed by atoms with Gasteiger partial charge in [-0.15, -0.1) is 0 Å². The number of hydrogen-bond donors (Lipinski definition) is 0. The fourth-order valence-corrected chi connectivity index (χ4v) is 6.67. The molecule has 0 aromatic heterocycles. The number of hydrogen-bond acceptors (Lipinski definition) is 5. The van der Waals surface area contributed by atoms with E-state index in [0.29, 0.717) is 38.4 Å². The molecule has 1 amide bonds. The van der Waals surface area contributed by atoms with Gasteiger partial charge in [0.15, 0.2) is 0 Å². The predicted molar refractivity (Wildman–Crippen MR) is 116 cm³/mol.